The van der Waals surface area contributed by atoms with Crippen LogP contribution >= 0.6 is 0 Å². The lowest BCUT2D eigenvalue weighted by atomic mass is 10.1. The molecule has 0 radical (unpaired) electrons. The maximum atomic E-state index is 12.6. The van der Waals surface area contributed by atoms with E-state index in [4.69, 9.17) is 4.74 Å². The maximum absolute atomic E-state index is 12.6. The van der Waals surface area contributed by atoms with Crippen LogP contribution in [-0.2, 0) is 0 Å². The number of hydrogen-bond acceptors (Lipinski definition) is 4. The summed E-state index contributed by atoms with van der Waals surface area (Å²) in [6.07, 6.45) is 5.16. The van der Waals surface area contributed by atoms with Crippen molar-refractivity contribution < 1.29 is 9.53 Å². The zero-order valence-electron chi connectivity index (χ0n) is 16.5. The summed E-state index contributed by atoms with van der Waals surface area (Å²) < 4.78 is 6.18. The minimum absolute atomic E-state index is 0.0598. The summed E-state index contributed by atoms with van der Waals surface area (Å²) in [7, 11) is 0. The molecule has 1 aromatic heterocycles. The van der Waals surface area contributed by atoms with Crippen LogP contribution in [0.4, 0.5) is 10.5 Å². The zero-order valence-corrected chi connectivity index (χ0v) is 16.5. The van der Waals surface area contributed by atoms with Gasteiger partial charge >= 0.3 is 6.03 Å². The quantitative estimate of drug-likeness (QED) is 0.691. The molecular weight excluding hydrogens is 376 g/mol. The molecule has 30 heavy (non-hydrogen) atoms. The van der Waals surface area contributed by atoms with Crippen molar-refractivity contribution in [3.05, 3.63) is 78.6 Å². The maximum Gasteiger partial charge on any atom is 0.321 e. The number of carbonyl (C=O) groups excluding carboxylic acids is 1. The molecule has 1 fully saturated rings. The summed E-state index contributed by atoms with van der Waals surface area (Å²) in [4.78, 5) is 18.5. The highest BCUT2D eigenvalue weighted by molar-refractivity contribution is 5.90. The number of carbonyl (C=O) groups is 1. The molecule has 0 spiro atoms. The van der Waals surface area contributed by atoms with Crippen LogP contribution < -0.4 is 10.1 Å². The second-order valence-electron chi connectivity index (χ2n) is 7.16. The van der Waals surface area contributed by atoms with Crippen molar-refractivity contribution in [2.45, 2.75) is 18.9 Å². The number of piperidine rings is 1. The molecule has 2 heterocycles. The molecule has 0 atom stereocenters. The Kier molecular flexibility index (Phi) is 5.90. The van der Waals surface area contributed by atoms with Gasteiger partial charge in [-0.15, -0.1) is 0 Å². The summed E-state index contributed by atoms with van der Waals surface area (Å²) in [5, 5.41) is 12.0. The highest BCUT2D eigenvalue weighted by atomic mass is 16.5. The molecule has 1 saturated heterocycles. The first kappa shape index (κ1) is 19.5. The highest BCUT2D eigenvalue weighted by Crippen LogP contribution is 2.26. The lowest BCUT2D eigenvalue weighted by molar-refractivity contribution is 0.115. The van der Waals surface area contributed by atoms with E-state index in [1.807, 2.05) is 42.6 Å². The number of nitrogens with one attached hydrogen (secondary N) is 1. The second-order valence-corrected chi connectivity index (χ2v) is 7.16. The molecule has 150 valence electrons. The van der Waals surface area contributed by atoms with E-state index in [1.54, 1.807) is 35.4 Å². The lowest BCUT2D eigenvalue weighted by Gasteiger charge is -2.32. The Morgan fingerprint density at radius 3 is 2.63 bits per heavy atom. The third kappa shape index (κ3) is 4.58. The van der Waals surface area contributed by atoms with E-state index in [0.717, 1.165) is 29.7 Å². The molecule has 4 rings (SSSR count). The van der Waals surface area contributed by atoms with Crippen LogP contribution in [0.5, 0.6) is 5.75 Å². The molecule has 6 nitrogen and oxygen atoms in total. The Balaban J connectivity index is 1.33. The van der Waals surface area contributed by atoms with Gasteiger partial charge in [0.15, 0.2) is 0 Å². The van der Waals surface area contributed by atoms with Crippen LogP contribution in [0.2, 0.25) is 0 Å². The Morgan fingerprint density at radius 1 is 1.07 bits per heavy atom. The first-order chi connectivity index (χ1) is 14.7. The number of nitrogens with zero attached hydrogens (tertiary/aromatic N) is 3. The highest BCUT2D eigenvalue weighted by Gasteiger charge is 2.24. The van der Waals surface area contributed by atoms with Gasteiger partial charge in [-0.2, -0.15) is 5.26 Å². The van der Waals surface area contributed by atoms with Crippen molar-refractivity contribution in [2.24, 2.45) is 0 Å². The van der Waals surface area contributed by atoms with E-state index in [0.29, 0.717) is 24.3 Å². The summed E-state index contributed by atoms with van der Waals surface area (Å²) >= 11 is 0. The van der Waals surface area contributed by atoms with Crippen LogP contribution in [0.25, 0.3) is 11.1 Å². The van der Waals surface area contributed by atoms with Crippen molar-refractivity contribution in [3.63, 3.8) is 0 Å². The Bertz CT molecular complexity index is 1050. The number of anilines is 1. The van der Waals surface area contributed by atoms with Crippen molar-refractivity contribution in [1.82, 2.24) is 9.88 Å². The van der Waals surface area contributed by atoms with Gasteiger partial charge in [0.1, 0.15) is 17.9 Å². The normalized spacial score (nSPS) is 14.0. The second kappa shape index (κ2) is 9.10. The van der Waals surface area contributed by atoms with Gasteiger partial charge in [0.05, 0.1) is 11.3 Å². The number of urea groups is 1. The molecule has 0 saturated carbocycles. The monoisotopic (exact) mass is 398 g/mol. The molecule has 6 heteroatoms. The number of pyridine rings is 1. The van der Waals surface area contributed by atoms with Gasteiger partial charge < -0.3 is 15.0 Å². The van der Waals surface area contributed by atoms with Crippen molar-refractivity contribution >= 4 is 11.7 Å². The number of rotatable bonds is 4. The first-order valence-corrected chi connectivity index (χ1v) is 9.95. The Labute approximate surface area is 175 Å². The van der Waals surface area contributed by atoms with Gasteiger partial charge in [-0.25, -0.2) is 4.79 Å². The van der Waals surface area contributed by atoms with E-state index in [2.05, 4.69) is 16.4 Å². The molecule has 1 aliphatic rings. The molecular formula is C24H22N4O2. The Hall–Kier alpha value is -3.85. The number of aromatic nitrogens is 1. The van der Waals surface area contributed by atoms with E-state index >= 15 is 0 Å². The smallest absolute Gasteiger partial charge is 0.321 e. The zero-order chi connectivity index (χ0) is 20.8. The fourth-order valence-electron chi connectivity index (χ4n) is 3.54. The van der Waals surface area contributed by atoms with Gasteiger partial charge in [0.25, 0.3) is 0 Å². The van der Waals surface area contributed by atoms with Gasteiger partial charge in [-0.1, -0.05) is 30.3 Å². The first-order valence-electron chi connectivity index (χ1n) is 9.95. The summed E-state index contributed by atoms with van der Waals surface area (Å²) in [6, 6.07) is 20.9. The number of amides is 2. The van der Waals surface area contributed by atoms with E-state index < -0.39 is 0 Å². The average molecular weight is 398 g/mol. The van der Waals surface area contributed by atoms with Crippen LogP contribution in [0.3, 0.4) is 0 Å². The summed E-state index contributed by atoms with van der Waals surface area (Å²) in [6.45, 7) is 1.21. The third-order valence-corrected chi connectivity index (χ3v) is 5.15. The van der Waals surface area contributed by atoms with Crippen LogP contribution in [0.1, 0.15) is 18.4 Å². The lowest BCUT2D eigenvalue weighted by Crippen LogP contribution is -2.43. The predicted molar refractivity (Wildman–Crippen MR) is 115 cm³/mol. The van der Waals surface area contributed by atoms with Gasteiger partial charge in [0.2, 0.25) is 0 Å². The molecule has 1 aliphatic heterocycles. The van der Waals surface area contributed by atoms with E-state index in [1.165, 1.54) is 0 Å². The predicted octanol–water partition coefficient (Wildman–Crippen LogP) is 4.70. The standard InChI is InChI=1S/C24H22N4O2/c25-16-19-5-1-2-9-23(19)27-24(29)28-13-10-21(11-14-28)30-22-8-3-6-18(15-22)20-7-4-12-26-17-20/h1-9,12,15,17,21H,10-11,13-14H2,(H,27,29). The number of hydrogen-bond donors (Lipinski definition) is 1. The summed E-state index contributed by atoms with van der Waals surface area (Å²) in [5.74, 6) is 0.821. The van der Waals surface area contributed by atoms with Gasteiger partial charge in [-0.05, 0) is 35.9 Å². The van der Waals surface area contributed by atoms with Crippen LogP contribution in [0, 0.1) is 11.3 Å². The Morgan fingerprint density at radius 2 is 1.87 bits per heavy atom. The van der Waals surface area contributed by atoms with Crippen molar-refractivity contribution in [1.29, 1.82) is 5.26 Å². The minimum Gasteiger partial charge on any atom is -0.490 e. The van der Waals surface area contributed by atoms with Gasteiger partial charge in [0, 0.05) is 43.9 Å². The minimum atomic E-state index is -0.185. The number of ether oxygens (including phenoxy) is 1. The molecule has 3 aromatic rings. The molecule has 2 aromatic carbocycles. The van der Waals surface area contributed by atoms with Gasteiger partial charge in [-0.3, -0.25) is 4.98 Å². The molecule has 0 unspecified atom stereocenters. The van der Waals surface area contributed by atoms with Crippen molar-refractivity contribution in [2.75, 3.05) is 18.4 Å². The molecule has 1 N–H and O–H groups in total. The fraction of sp³-hybridized carbons (Fsp3) is 0.208. The van der Waals surface area contributed by atoms with Crippen LogP contribution in [-0.4, -0.2) is 35.1 Å². The number of benzene rings is 2. The SMILES string of the molecule is N#Cc1ccccc1NC(=O)N1CCC(Oc2cccc(-c3cccnc3)c2)CC1. The number of nitriles is 1. The largest absolute Gasteiger partial charge is 0.490 e. The van der Waals surface area contributed by atoms with E-state index in [9.17, 15) is 10.1 Å². The molecule has 0 aliphatic carbocycles. The third-order valence-electron chi connectivity index (χ3n) is 5.15. The molecule has 2 amide bonds. The van der Waals surface area contributed by atoms with Crippen LogP contribution in [0.15, 0.2) is 73.1 Å². The summed E-state index contributed by atoms with van der Waals surface area (Å²) in [5.41, 5.74) is 3.11. The number of likely N-dealkylation sites (tertiary alicyclic amines) is 1. The van der Waals surface area contributed by atoms with E-state index in [-0.39, 0.29) is 12.1 Å². The average Bonchev–Trinajstić information content (AvgIpc) is 2.80. The fourth-order valence-corrected chi connectivity index (χ4v) is 3.54. The molecule has 0 bridgehead atoms. The van der Waals surface area contributed by atoms with Crippen molar-refractivity contribution in [3.8, 4) is 22.9 Å². The number of para-hydroxylation sites is 1. The topological polar surface area (TPSA) is 78.2 Å².